The largest absolute Gasteiger partial charge is 0.273 e. The van der Waals surface area contributed by atoms with Gasteiger partial charge in [0, 0.05) is 12.1 Å². The molecule has 0 unspecified atom stereocenters. The van der Waals surface area contributed by atoms with Gasteiger partial charge in [0.15, 0.2) is 0 Å². The molecule has 1 aromatic rings. The highest BCUT2D eigenvalue weighted by Gasteiger charge is 2.00. The van der Waals surface area contributed by atoms with Crippen LogP contribution in [0.2, 0.25) is 0 Å². The number of benzene rings is 1. The van der Waals surface area contributed by atoms with Crippen molar-refractivity contribution in [3.8, 4) is 0 Å². The Kier molecular flexibility index (Phi) is 5.26. The first-order valence-electron chi connectivity index (χ1n) is 5.58. The second-order valence-electron chi connectivity index (χ2n) is 3.72. The Labute approximate surface area is 96.6 Å². The van der Waals surface area contributed by atoms with Crippen LogP contribution in [0.4, 0.5) is 0 Å². The van der Waals surface area contributed by atoms with E-state index in [0.29, 0.717) is 6.42 Å². The van der Waals surface area contributed by atoms with Crippen molar-refractivity contribution >= 4 is 11.6 Å². The van der Waals surface area contributed by atoms with Crippen LogP contribution in [-0.2, 0) is 11.2 Å². The number of carbonyl (C=O) groups is 1. The maximum atomic E-state index is 11.4. The van der Waals surface area contributed by atoms with Crippen molar-refractivity contribution in [2.45, 2.75) is 33.1 Å². The van der Waals surface area contributed by atoms with Crippen LogP contribution in [0.15, 0.2) is 35.4 Å². The summed E-state index contributed by atoms with van der Waals surface area (Å²) < 4.78 is 0. The van der Waals surface area contributed by atoms with Gasteiger partial charge in [0.05, 0.1) is 0 Å². The van der Waals surface area contributed by atoms with Gasteiger partial charge in [0.1, 0.15) is 0 Å². The van der Waals surface area contributed by atoms with E-state index in [0.717, 1.165) is 18.6 Å². The normalized spacial score (nSPS) is 11.2. The molecular weight excluding hydrogens is 200 g/mol. The second-order valence-corrected chi connectivity index (χ2v) is 3.72. The Hall–Kier alpha value is -1.64. The monoisotopic (exact) mass is 218 g/mol. The summed E-state index contributed by atoms with van der Waals surface area (Å²) >= 11 is 0. The molecule has 16 heavy (non-hydrogen) atoms. The summed E-state index contributed by atoms with van der Waals surface area (Å²) in [5, 5.41) is 3.97. The predicted molar refractivity (Wildman–Crippen MR) is 66.3 cm³/mol. The molecule has 0 saturated carbocycles. The fourth-order valence-electron chi connectivity index (χ4n) is 1.20. The minimum atomic E-state index is -0.0309. The molecule has 0 spiro atoms. The van der Waals surface area contributed by atoms with Gasteiger partial charge in [-0.1, -0.05) is 37.3 Å². The number of hydrogen-bond acceptors (Lipinski definition) is 2. The number of nitrogens with zero attached hydrogens (tertiary/aromatic N) is 1. The van der Waals surface area contributed by atoms with Crippen molar-refractivity contribution in [1.29, 1.82) is 0 Å². The first kappa shape index (κ1) is 12.4. The van der Waals surface area contributed by atoms with Gasteiger partial charge in [-0.25, -0.2) is 5.43 Å². The fourth-order valence-corrected chi connectivity index (χ4v) is 1.20. The molecule has 0 saturated heterocycles. The van der Waals surface area contributed by atoms with Crippen molar-refractivity contribution in [1.82, 2.24) is 5.43 Å². The molecule has 0 radical (unpaired) electrons. The Morgan fingerprint density at radius 1 is 1.31 bits per heavy atom. The highest BCUT2D eigenvalue weighted by molar-refractivity contribution is 5.84. The molecule has 0 bridgehead atoms. The Morgan fingerprint density at radius 2 is 2.00 bits per heavy atom. The average molecular weight is 218 g/mol. The van der Waals surface area contributed by atoms with Gasteiger partial charge in [-0.3, -0.25) is 4.79 Å². The lowest BCUT2D eigenvalue weighted by atomic mass is 10.1. The van der Waals surface area contributed by atoms with Crippen molar-refractivity contribution in [2.75, 3.05) is 0 Å². The smallest absolute Gasteiger partial charge is 0.240 e. The van der Waals surface area contributed by atoms with Gasteiger partial charge in [-0.05, 0) is 25.3 Å². The third-order valence-electron chi connectivity index (χ3n) is 2.37. The number of nitrogens with one attached hydrogen (secondary N) is 1. The minimum Gasteiger partial charge on any atom is -0.273 e. The molecular formula is C13H18N2O. The van der Waals surface area contributed by atoms with Gasteiger partial charge < -0.3 is 0 Å². The first-order chi connectivity index (χ1) is 7.72. The molecule has 1 amide bonds. The Balaban J connectivity index is 2.31. The van der Waals surface area contributed by atoms with Crippen LogP contribution in [0.5, 0.6) is 0 Å². The summed E-state index contributed by atoms with van der Waals surface area (Å²) in [5.41, 5.74) is 4.67. The van der Waals surface area contributed by atoms with Crippen molar-refractivity contribution in [3.05, 3.63) is 35.9 Å². The maximum Gasteiger partial charge on any atom is 0.240 e. The zero-order valence-electron chi connectivity index (χ0n) is 9.86. The maximum absolute atomic E-state index is 11.4. The van der Waals surface area contributed by atoms with Gasteiger partial charge in [-0.2, -0.15) is 5.10 Å². The van der Waals surface area contributed by atoms with Crippen LogP contribution in [0.3, 0.4) is 0 Å². The van der Waals surface area contributed by atoms with Crippen LogP contribution in [0, 0.1) is 0 Å². The number of hydrazone groups is 1. The van der Waals surface area contributed by atoms with E-state index in [1.807, 2.05) is 44.2 Å². The third kappa shape index (κ3) is 4.73. The van der Waals surface area contributed by atoms with E-state index < -0.39 is 0 Å². The molecule has 3 nitrogen and oxygen atoms in total. The second kappa shape index (κ2) is 6.77. The van der Waals surface area contributed by atoms with Gasteiger partial charge in [-0.15, -0.1) is 0 Å². The van der Waals surface area contributed by atoms with E-state index >= 15 is 0 Å². The fraction of sp³-hybridized carbons (Fsp3) is 0.385. The van der Waals surface area contributed by atoms with Crippen LogP contribution in [0.1, 0.15) is 32.3 Å². The molecule has 0 aliphatic heterocycles. The van der Waals surface area contributed by atoms with Crippen LogP contribution < -0.4 is 5.43 Å². The number of rotatable bonds is 5. The molecule has 0 fully saturated rings. The van der Waals surface area contributed by atoms with Crippen LogP contribution in [-0.4, -0.2) is 11.6 Å². The number of aryl methyl sites for hydroxylation is 1. The van der Waals surface area contributed by atoms with E-state index in [2.05, 4.69) is 10.5 Å². The zero-order valence-corrected chi connectivity index (χ0v) is 9.86. The summed E-state index contributed by atoms with van der Waals surface area (Å²) in [6, 6.07) is 9.97. The van der Waals surface area contributed by atoms with E-state index in [9.17, 15) is 4.79 Å². The summed E-state index contributed by atoms with van der Waals surface area (Å²) in [5.74, 6) is -0.0309. The molecule has 0 aromatic heterocycles. The molecule has 0 heterocycles. The third-order valence-corrected chi connectivity index (χ3v) is 2.37. The topological polar surface area (TPSA) is 41.5 Å². The van der Waals surface area contributed by atoms with Crippen molar-refractivity contribution in [3.63, 3.8) is 0 Å². The Morgan fingerprint density at radius 3 is 2.62 bits per heavy atom. The minimum absolute atomic E-state index is 0.0309. The van der Waals surface area contributed by atoms with Gasteiger partial charge in [0.25, 0.3) is 0 Å². The lowest BCUT2D eigenvalue weighted by Gasteiger charge is -2.01. The molecule has 1 aromatic carbocycles. The quantitative estimate of drug-likeness (QED) is 0.599. The molecule has 0 atom stereocenters. The number of amides is 1. The average Bonchev–Trinajstić information content (AvgIpc) is 2.34. The van der Waals surface area contributed by atoms with E-state index in [1.54, 1.807) is 0 Å². The lowest BCUT2D eigenvalue weighted by Crippen LogP contribution is -2.19. The zero-order chi connectivity index (χ0) is 11.8. The highest BCUT2D eigenvalue weighted by atomic mass is 16.2. The SMILES string of the molecule is CC/C(C)=N/NC(=O)CCc1ccccc1. The summed E-state index contributed by atoms with van der Waals surface area (Å²) in [6.45, 7) is 3.91. The lowest BCUT2D eigenvalue weighted by molar-refractivity contribution is -0.121. The highest BCUT2D eigenvalue weighted by Crippen LogP contribution is 2.01. The van der Waals surface area contributed by atoms with Gasteiger partial charge >= 0.3 is 0 Å². The summed E-state index contributed by atoms with van der Waals surface area (Å²) in [7, 11) is 0. The first-order valence-corrected chi connectivity index (χ1v) is 5.58. The van der Waals surface area contributed by atoms with Crippen molar-refractivity contribution < 1.29 is 4.79 Å². The van der Waals surface area contributed by atoms with Crippen molar-refractivity contribution in [2.24, 2.45) is 5.10 Å². The van der Waals surface area contributed by atoms with Gasteiger partial charge in [0.2, 0.25) is 5.91 Å². The summed E-state index contributed by atoms with van der Waals surface area (Å²) in [6.07, 6.45) is 2.09. The van der Waals surface area contributed by atoms with E-state index in [1.165, 1.54) is 5.56 Å². The molecule has 3 heteroatoms. The number of hydrogen-bond donors (Lipinski definition) is 1. The van der Waals surface area contributed by atoms with Crippen LogP contribution in [0.25, 0.3) is 0 Å². The Bertz CT molecular complexity index is 357. The van der Waals surface area contributed by atoms with Crippen LogP contribution >= 0.6 is 0 Å². The van der Waals surface area contributed by atoms with E-state index in [-0.39, 0.29) is 5.91 Å². The molecule has 1 rings (SSSR count). The molecule has 1 N–H and O–H groups in total. The predicted octanol–water partition coefficient (Wildman–Crippen LogP) is 2.52. The molecule has 0 aliphatic rings. The number of carbonyl (C=O) groups excluding carboxylic acids is 1. The summed E-state index contributed by atoms with van der Waals surface area (Å²) in [4.78, 5) is 11.4. The molecule has 86 valence electrons. The standard InChI is InChI=1S/C13H18N2O/c1-3-11(2)14-15-13(16)10-9-12-7-5-4-6-8-12/h4-8H,3,9-10H2,1-2H3,(H,15,16)/b14-11+. The molecule has 0 aliphatic carbocycles. The van der Waals surface area contributed by atoms with E-state index in [4.69, 9.17) is 0 Å².